The van der Waals surface area contributed by atoms with Gasteiger partial charge in [0.05, 0.1) is 19.0 Å². The van der Waals surface area contributed by atoms with Gasteiger partial charge in [-0.15, -0.1) is 0 Å². The zero-order valence-corrected chi connectivity index (χ0v) is 14.7. The SMILES string of the molecule is CN(Cc1ccccc1)C(=O)[C@H]1CCC[NH+](Cc2cccc(F)c2)C1. The van der Waals surface area contributed by atoms with E-state index in [4.69, 9.17) is 0 Å². The smallest absolute Gasteiger partial charge is 0.231 e. The molecule has 2 atom stereocenters. The Hall–Kier alpha value is -2.20. The third-order valence-electron chi connectivity index (χ3n) is 4.95. The zero-order chi connectivity index (χ0) is 17.6. The van der Waals surface area contributed by atoms with Crippen LogP contribution in [0, 0.1) is 11.7 Å². The van der Waals surface area contributed by atoms with Gasteiger partial charge in [-0.05, 0) is 30.5 Å². The lowest BCUT2D eigenvalue weighted by Gasteiger charge is -2.31. The molecule has 1 N–H and O–H groups in total. The molecule has 0 radical (unpaired) electrons. The number of likely N-dealkylation sites (tertiary alicyclic amines) is 1. The molecule has 25 heavy (non-hydrogen) atoms. The standard InChI is InChI=1S/C21H25FN2O/c1-23(14-17-7-3-2-4-8-17)21(25)19-10-6-12-24(16-19)15-18-9-5-11-20(22)13-18/h2-5,7-9,11,13,19H,6,10,12,14-16H2,1H3/p+1/t19-/m0/s1. The van der Waals surface area contributed by atoms with Crippen molar-refractivity contribution < 1.29 is 14.1 Å². The Balaban J connectivity index is 1.57. The average Bonchev–Trinajstić information content (AvgIpc) is 2.62. The van der Waals surface area contributed by atoms with Gasteiger partial charge in [0.15, 0.2) is 0 Å². The molecule has 3 nitrogen and oxygen atoms in total. The minimum absolute atomic E-state index is 0.0611. The quantitative estimate of drug-likeness (QED) is 0.887. The molecule has 1 aliphatic heterocycles. The molecular formula is C21H26FN2O+. The summed E-state index contributed by atoms with van der Waals surface area (Å²) in [5.74, 6) is 0.0930. The summed E-state index contributed by atoms with van der Waals surface area (Å²) in [5.41, 5.74) is 2.15. The topological polar surface area (TPSA) is 24.8 Å². The number of nitrogens with zero attached hydrogens (tertiary/aromatic N) is 1. The van der Waals surface area contributed by atoms with Gasteiger partial charge in [0.1, 0.15) is 12.4 Å². The van der Waals surface area contributed by atoms with Crippen molar-refractivity contribution in [2.24, 2.45) is 5.92 Å². The number of hydrogen-bond donors (Lipinski definition) is 1. The van der Waals surface area contributed by atoms with Crippen LogP contribution in [0.1, 0.15) is 24.0 Å². The number of carbonyl (C=O) groups is 1. The van der Waals surface area contributed by atoms with E-state index in [1.54, 1.807) is 12.1 Å². The number of carbonyl (C=O) groups excluding carboxylic acids is 1. The Labute approximate surface area is 149 Å². The minimum atomic E-state index is -0.191. The summed E-state index contributed by atoms with van der Waals surface area (Å²) >= 11 is 0. The van der Waals surface area contributed by atoms with E-state index in [0.29, 0.717) is 6.54 Å². The second-order valence-corrected chi connectivity index (χ2v) is 7.03. The second kappa shape index (κ2) is 8.26. The number of quaternary nitrogens is 1. The van der Waals surface area contributed by atoms with E-state index in [-0.39, 0.29) is 17.6 Å². The number of halogens is 1. The van der Waals surface area contributed by atoms with Gasteiger partial charge in [-0.1, -0.05) is 42.5 Å². The first kappa shape index (κ1) is 17.6. The van der Waals surface area contributed by atoms with Gasteiger partial charge in [0.2, 0.25) is 5.91 Å². The molecule has 1 aliphatic rings. The predicted octanol–water partition coefficient (Wildman–Crippen LogP) is 2.28. The van der Waals surface area contributed by atoms with Crippen LogP contribution in [0.4, 0.5) is 4.39 Å². The molecule has 0 spiro atoms. The largest absolute Gasteiger partial charge is 0.341 e. The van der Waals surface area contributed by atoms with E-state index in [1.165, 1.54) is 11.0 Å². The van der Waals surface area contributed by atoms with Crippen molar-refractivity contribution in [3.63, 3.8) is 0 Å². The van der Waals surface area contributed by atoms with Crippen LogP contribution in [-0.4, -0.2) is 30.9 Å². The first-order valence-electron chi connectivity index (χ1n) is 8.99. The van der Waals surface area contributed by atoms with E-state index in [0.717, 1.165) is 43.6 Å². The number of hydrogen-bond acceptors (Lipinski definition) is 1. The lowest BCUT2D eigenvalue weighted by atomic mass is 9.96. The molecule has 0 aliphatic carbocycles. The summed E-state index contributed by atoms with van der Waals surface area (Å²) in [6, 6.07) is 16.9. The Morgan fingerprint density at radius 3 is 2.68 bits per heavy atom. The van der Waals surface area contributed by atoms with Crippen molar-refractivity contribution in [3.05, 3.63) is 71.5 Å². The van der Waals surface area contributed by atoms with Crippen molar-refractivity contribution >= 4 is 5.91 Å². The fraction of sp³-hybridized carbons (Fsp3) is 0.381. The molecule has 1 unspecified atom stereocenters. The van der Waals surface area contributed by atoms with Crippen LogP contribution in [0.5, 0.6) is 0 Å². The van der Waals surface area contributed by atoms with Crippen LogP contribution in [0.15, 0.2) is 54.6 Å². The molecule has 3 rings (SSSR count). The molecule has 0 bridgehead atoms. The predicted molar refractivity (Wildman–Crippen MR) is 96.4 cm³/mol. The van der Waals surface area contributed by atoms with Gasteiger partial charge in [0, 0.05) is 19.2 Å². The summed E-state index contributed by atoms with van der Waals surface area (Å²) < 4.78 is 13.4. The molecule has 4 heteroatoms. The maximum absolute atomic E-state index is 13.4. The van der Waals surface area contributed by atoms with Gasteiger partial charge in [-0.25, -0.2) is 4.39 Å². The maximum atomic E-state index is 13.4. The van der Waals surface area contributed by atoms with Crippen LogP contribution < -0.4 is 4.90 Å². The van der Waals surface area contributed by atoms with Crippen LogP contribution >= 0.6 is 0 Å². The molecule has 0 aromatic heterocycles. The van der Waals surface area contributed by atoms with E-state index >= 15 is 0 Å². The van der Waals surface area contributed by atoms with E-state index in [2.05, 4.69) is 0 Å². The van der Waals surface area contributed by atoms with Crippen LogP contribution in [0.3, 0.4) is 0 Å². The zero-order valence-electron chi connectivity index (χ0n) is 14.7. The van der Waals surface area contributed by atoms with Crippen molar-refractivity contribution in [3.8, 4) is 0 Å². The van der Waals surface area contributed by atoms with Gasteiger partial charge >= 0.3 is 0 Å². The summed E-state index contributed by atoms with van der Waals surface area (Å²) in [6.07, 6.45) is 1.99. The third-order valence-corrected chi connectivity index (χ3v) is 4.95. The van der Waals surface area contributed by atoms with Crippen molar-refractivity contribution in [1.82, 2.24) is 4.90 Å². The maximum Gasteiger partial charge on any atom is 0.231 e. The number of rotatable bonds is 5. The Morgan fingerprint density at radius 1 is 1.16 bits per heavy atom. The van der Waals surface area contributed by atoms with Crippen LogP contribution in [0.25, 0.3) is 0 Å². The van der Waals surface area contributed by atoms with Crippen molar-refractivity contribution in [2.45, 2.75) is 25.9 Å². The molecule has 1 heterocycles. The fourth-order valence-electron chi connectivity index (χ4n) is 3.70. The molecule has 132 valence electrons. The number of amides is 1. The molecule has 2 aromatic carbocycles. The molecule has 1 fully saturated rings. The first-order valence-corrected chi connectivity index (χ1v) is 8.99. The Kier molecular flexibility index (Phi) is 5.82. The molecule has 2 aromatic rings. The van der Waals surface area contributed by atoms with E-state index in [1.807, 2.05) is 48.3 Å². The second-order valence-electron chi connectivity index (χ2n) is 7.03. The van der Waals surface area contributed by atoms with Gasteiger partial charge in [-0.3, -0.25) is 4.79 Å². The molecule has 1 amide bonds. The van der Waals surface area contributed by atoms with E-state index < -0.39 is 0 Å². The number of piperidine rings is 1. The average molecular weight is 341 g/mol. The normalized spacial score (nSPS) is 20.2. The molecule has 1 saturated heterocycles. The summed E-state index contributed by atoms with van der Waals surface area (Å²) in [5, 5.41) is 0. The highest BCUT2D eigenvalue weighted by atomic mass is 19.1. The number of nitrogens with one attached hydrogen (secondary N) is 1. The highest BCUT2D eigenvalue weighted by Crippen LogP contribution is 2.13. The highest BCUT2D eigenvalue weighted by molar-refractivity contribution is 5.78. The lowest BCUT2D eigenvalue weighted by molar-refractivity contribution is -0.921. The summed E-state index contributed by atoms with van der Waals surface area (Å²) in [7, 11) is 1.89. The lowest BCUT2D eigenvalue weighted by Crippen LogP contribution is -3.12. The van der Waals surface area contributed by atoms with E-state index in [9.17, 15) is 9.18 Å². The van der Waals surface area contributed by atoms with Crippen molar-refractivity contribution in [1.29, 1.82) is 0 Å². The monoisotopic (exact) mass is 341 g/mol. The third kappa shape index (κ3) is 4.89. The van der Waals surface area contributed by atoms with Crippen LogP contribution in [-0.2, 0) is 17.9 Å². The van der Waals surface area contributed by atoms with Crippen molar-refractivity contribution in [2.75, 3.05) is 20.1 Å². The highest BCUT2D eigenvalue weighted by Gasteiger charge is 2.30. The summed E-state index contributed by atoms with van der Waals surface area (Å²) in [4.78, 5) is 16.0. The Bertz CT molecular complexity index is 704. The number of benzene rings is 2. The molecule has 0 saturated carbocycles. The van der Waals surface area contributed by atoms with Gasteiger partial charge in [-0.2, -0.15) is 0 Å². The fourth-order valence-corrected chi connectivity index (χ4v) is 3.70. The summed E-state index contributed by atoms with van der Waals surface area (Å²) in [6.45, 7) is 3.30. The first-order chi connectivity index (χ1) is 12.1. The van der Waals surface area contributed by atoms with Gasteiger partial charge in [0.25, 0.3) is 0 Å². The minimum Gasteiger partial charge on any atom is -0.341 e. The van der Waals surface area contributed by atoms with Gasteiger partial charge < -0.3 is 9.80 Å². The molecular weight excluding hydrogens is 315 g/mol. The van der Waals surface area contributed by atoms with Crippen LogP contribution in [0.2, 0.25) is 0 Å². The Morgan fingerprint density at radius 2 is 1.92 bits per heavy atom.